The van der Waals surface area contributed by atoms with E-state index in [1.807, 2.05) is 0 Å². The lowest BCUT2D eigenvalue weighted by Gasteiger charge is -1.90. The lowest BCUT2D eigenvalue weighted by atomic mass is 10.4. The minimum absolute atomic E-state index is 0.0833. The molecule has 0 saturated heterocycles. The minimum atomic E-state index is -0.538. The second-order valence-electron chi connectivity index (χ2n) is 1.73. The molecule has 0 unspecified atom stereocenters. The number of nitrogens with two attached hydrogens (primary N) is 1. The molecule has 1 aromatic rings. The maximum Gasteiger partial charge on any atom is 0.289 e. The molecule has 5 heteroatoms. The zero-order valence-corrected chi connectivity index (χ0v) is 5.02. The van der Waals surface area contributed by atoms with Crippen molar-refractivity contribution in [2.24, 2.45) is 0 Å². The number of hydrogen-bond donors (Lipinski definition) is 1. The van der Waals surface area contributed by atoms with Crippen molar-refractivity contribution in [2.45, 2.75) is 0 Å². The average molecular weight is 139 g/mol. The summed E-state index contributed by atoms with van der Waals surface area (Å²) < 4.78 is 0. The summed E-state index contributed by atoms with van der Waals surface area (Å²) in [5, 5.41) is 10.1. The zero-order chi connectivity index (χ0) is 7.56. The second kappa shape index (κ2) is 2.30. The largest absolute Gasteiger partial charge is 0.397 e. The van der Waals surface area contributed by atoms with Crippen LogP contribution >= 0.6 is 0 Å². The van der Waals surface area contributed by atoms with E-state index >= 15 is 0 Å². The monoisotopic (exact) mass is 139 g/mol. The summed E-state index contributed by atoms with van der Waals surface area (Å²) in [5.41, 5.74) is 5.45. The molecule has 1 rings (SSSR count). The minimum Gasteiger partial charge on any atom is -0.397 e. The summed E-state index contributed by atoms with van der Waals surface area (Å²) in [6.45, 7) is 0. The highest BCUT2D eigenvalue weighted by molar-refractivity contribution is 5.43. The first-order valence-corrected chi connectivity index (χ1v) is 2.55. The van der Waals surface area contributed by atoms with Gasteiger partial charge in [0.05, 0.1) is 16.8 Å². The SMILES string of the molecule is Nc1cncc([N+](=O)[O-])c1. The van der Waals surface area contributed by atoms with E-state index in [0.29, 0.717) is 5.69 Å². The Morgan fingerprint density at radius 3 is 2.70 bits per heavy atom. The Morgan fingerprint density at radius 1 is 1.60 bits per heavy atom. The van der Waals surface area contributed by atoms with Crippen LogP contribution in [0, 0.1) is 10.1 Å². The maximum atomic E-state index is 10.1. The molecule has 2 N–H and O–H groups in total. The van der Waals surface area contributed by atoms with E-state index in [1.54, 1.807) is 0 Å². The zero-order valence-electron chi connectivity index (χ0n) is 5.02. The molecule has 0 radical (unpaired) electrons. The van der Waals surface area contributed by atoms with Crippen molar-refractivity contribution in [3.8, 4) is 0 Å². The number of aromatic nitrogens is 1. The number of anilines is 1. The maximum absolute atomic E-state index is 10.1. The highest BCUT2D eigenvalue weighted by Gasteiger charge is 2.03. The van der Waals surface area contributed by atoms with Crippen molar-refractivity contribution < 1.29 is 4.92 Å². The predicted molar refractivity (Wildman–Crippen MR) is 35.3 cm³/mol. The molecule has 10 heavy (non-hydrogen) atoms. The van der Waals surface area contributed by atoms with Gasteiger partial charge in [0.25, 0.3) is 5.69 Å². The highest BCUT2D eigenvalue weighted by Crippen LogP contribution is 2.10. The fourth-order valence-corrected chi connectivity index (χ4v) is 0.545. The molecule has 0 aromatic carbocycles. The third-order valence-corrected chi connectivity index (χ3v) is 0.956. The topological polar surface area (TPSA) is 82.0 Å². The lowest BCUT2D eigenvalue weighted by molar-refractivity contribution is -0.385. The third kappa shape index (κ3) is 1.19. The summed E-state index contributed by atoms with van der Waals surface area (Å²) in [7, 11) is 0. The van der Waals surface area contributed by atoms with Gasteiger partial charge >= 0.3 is 0 Å². The molecule has 0 amide bonds. The van der Waals surface area contributed by atoms with Crippen LogP contribution in [0.4, 0.5) is 11.4 Å². The van der Waals surface area contributed by atoms with Gasteiger partial charge in [-0.2, -0.15) is 0 Å². The van der Waals surface area contributed by atoms with Crippen molar-refractivity contribution >= 4 is 11.4 Å². The highest BCUT2D eigenvalue weighted by atomic mass is 16.6. The van der Waals surface area contributed by atoms with Crippen LogP contribution in [0.5, 0.6) is 0 Å². The average Bonchev–Trinajstić information content (AvgIpc) is 1.88. The lowest BCUT2D eigenvalue weighted by Crippen LogP contribution is -1.91. The van der Waals surface area contributed by atoms with E-state index in [-0.39, 0.29) is 5.69 Å². The fraction of sp³-hybridized carbons (Fsp3) is 0. The van der Waals surface area contributed by atoms with E-state index < -0.39 is 4.92 Å². The normalized spacial score (nSPS) is 9.20. The first-order chi connectivity index (χ1) is 4.70. The van der Waals surface area contributed by atoms with E-state index in [1.165, 1.54) is 12.3 Å². The Bertz CT molecular complexity index is 261. The van der Waals surface area contributed by atoms with Crippen molar-refractivity contribution in [3.63, 3.8) is 0 Å². The number of hydrogen-bond acceptors (Lipinski definition) is 4. The molecule has 1 aromatic heterocycles. The van der Waals surface area contributed by atoms with Gasteiger partial charge in [-0.25, -0.2) is 0 Å². The number of nitrogens with zero attached hydrogens (tertiary/aromatic N) is 2. The molecule has 0 spiro atoms. The number of pyridine rings is 1. The van der Waals surface area contributed by atoms with Gasteiger partial charge in [0, 0.05) is 6.07 Å². The van der Waals surface area contributed by atoms with Crippen LogP contribution in [0.2, 0.25) is 0 Å². The van der Waals surface area contributed by atoms with Crippen LogP contribution in [0.15, 0.2) is 18.5 Å². The molecule has 0 aliphatic heterocycles. The Kier molecular flexibility index (Phi) is 1.49. The fourth-order valence-electron chi connectivity index (χ4n) is 0.545. The molecular weight excluding hydrogens is 134 g/mol. The molecule has 0 fully saturated rings. The first-order valence-electron chi connectivity index (χ1n) is 2.55. The van der Waals surface area contributed by atoms with Gasteiger partial charge in [-0.15, -0.1) is 0 Å². The number of nitrogen functional groups attached to an aromatic ring is 1. The first kappa shape index (κ1) is 6.47. The van der Waals surface area contributed by atoms with Crippen molar-refractivity contribution in [1.82, 2.24) is 4.98 Å². The van der Waals surface area contributed by atoms with Crippen LogP contribution in [0.1, 0.15) is 0 Å². The molecule has 1 heterocycles. The van der Waals surface area contributed by atoms with Gasteiger partial charge < -0.3 is 5.73 Å². The molecule has 5 nitrogen and oxygen atoms in total. The standard InChI is InChI=1S/C5H5N3O2/c6-4-1-5(8(9)10)3-7-2-4/h1-3H,6H2. The molecule has 0 aliphatic rings. The van der Waals surface area contributed by atoms with Gasteiger partial charge in [0.2, 0.25) is 0 Å². The van der Waals surface area contributed by atoms with E-state index in [0.717, 1.165) is 6.20 Å². The number of nitro groups is 1. The molecule has 0 bridgehead atoms. The Hall–Kier alpha value is -1.65. The summed E-state index contributed by atoms with van der Waals surface area (Å²) in [6, 6.07) is 1.26. The summed E-state index contributed by atoms with van der Waals surface area (Å²) in [6.07, 6.45) is 2.50. The van der Waals surface area contributed by atoms with Gasteiger partial charge in [-0.3, -0.25) is 15.1 Å². The van der Waals surface area contributed by atoms with Crippen LogP contribution in [-0.4, -0.2) is 9.91 Å². The van der Waals surface area contributed by atoms with Crippen LogP contribution < -0.4 is 5.73 Å². The van der Waals surface area contributed by atoms with Crippen LogP contribution in [-0.2, 0) is 0 Å². The Labute approximate surface area is 56.6 Å². The Morgan fingerprint density at radius 2 is 2.30 bits per heavy atom. The van der Waals surface area contributed by atoms with E-state index in [2.05, 4.69) is 4.98 Å². The smallest absolute Gasteiger partial charge is 0.289 e. The summed E-state index contributed by atoms with van der Waals surface area (Å²) >= 11 is 0. The van der Waals surface area contributed by atoms with Crippen molar-refractivity contribution in [3.05, 3.63) is 28.6 Å². The second-order valence-corrected chi connectivity index (χ2v) is 1.73. The molecule has 0 saturated carbocycles. The van der Waals surface area contributed by atoms with Gasteiger partial charge in [0.1, 0.15) is 6.20 Å². The van der Waals surface area contributed by atoms with Gasteiger partial charge in [-0.05, 0) is 0 Å². The van der Waals surface area contributed by atoms with Crippen LogP contribution in [0.25, 0.3) is 0 Å². The van der Waals surface area contributed by atoms with Gasteiger partial charge in [0.15, 0.2) is 0 Å². The van der Waals surface area contributed by atoms with E-state index in [9.17, 15) is 10.1 Å². The third-order valence-electron chi connectivity index (χ3n) is 0.956. The Balaban J connectivity index is 3.07. The number of rotatable bonds is 1. The molecule has 0 atom stereocenters. The predicted octanol–water partition coefficient (Wildman–Crippen LogP) is 0.572. The van der Waals surface area contributed by atoms with Crippen LogP contribution in [0.3, 0.4) is 0 Å². The van der Waals surface area contributed by atoms with Crippen molar-refractivity contribution in [2.75, 3.05) is 5.73 Å². The summed E-state index contributed by atoms with van der Waals surface area (Å²) in [5.74, 6) is 0. The molecular formula is C5H5N3O2. The molecule has 0 aliphatic carbocycles. The van der Waals surface area contributed by atoms with E-state index in [4.69, 9.17) is 5.73 Å². The summed E-state index contributed by atoms with van der Waals surface area (Å²) in [4.78, 5) is 13.1. The molecule has 52 valence electrons. The quantitative estimate of drug-likeness (QED) is 0.455. The van der Waals surface area contributed by atoms with Gasteiger partial charge in [-0.1, -0.05) is 0 Å². The van der Waals surface area contributed by atoms with Crippen molar-refractivity contribution in [1.29, 1.82) is 0 Å².